The van der Waals surface area contributed by atoms with Crippen molar-refractivity contribution in [1.29, 1.82) is 0 Å². The van der Waals surface area contributed by atoms with E-state index >= 15 is 0 Å². The molecule has 0 amide bonds. The average Bonchev–Trinajstić information content (AvgIpc) is 3.83. The smallest absolute Gasteiger partial charge is 0.227 e. The van der Waals surface area contributed by atoms with E-state index in [1.165, 1.54) is 16.7 Å². The van der Waals surface area contributed by atoms with E-state index < -0.39 is 0 Å². The molecule has 2 heterocycles. The highest BCUT2D eigenvalue weighted by molar-refractivity contribution is 6.13. The molecular weight excluding hydrogens is 649 g/mol. The second kappa shape index (κ2) is 12.9. The molecule has 0 saturated carbocycles. The van der Waals surface area contributed by atoms with Crippen molar-refractivity contribution in [2.45, 2.75) is 0 Å². The van der Waals surface area contributed by atoms with E-state index in [1.807, 2.05) is 48.5 Å². The molecule has 0 fully saturated rings. The summed E-state index contributed by atoms with van der Waals surface area (Å²) >= 11 is 0. The molecule has 250 valence electrons. The Bertz CT molecular complexity index is 2860. The SMILES string of the molecule is c1ccc(-c2ccc(-c3ccc(N(c4cccc(-c5ccccc5)c4)c4cccc5c4oc4cc6oc(-c7ccccc7)nc6cc45)cc3)cc2)cc1. The van der Waals surface area contributed by atoms with Gasteiger partial charge in [-0.3, -0.25) is 0 Å². The van der Waals surface area contributed by atoms with Gasteiger partial charge in [0.15, 0.2) is 11.2 Å². The molecule has 10 aromatic rings. The van der Waals surface area contributed by atoms with Gasteiger partial charge in [0.2, 0.25) is 5.89 Å². The second-order valence-electron chi connectivity index (χ2n) is 13.2. The number of oxazole rings is 1. The maximum Gasteiger partial charge on any atom is 0.227 e. The molecule has 0 aliphatic rings. The highest BCUT2D eigenvalue weighted by Gasteiger charge is 2.21. The number of nitrogens with zero attached hydrogens (tertiary/aromatic N) is 2. The summed E-state index contributed by atoms with van der Waals surface area (Å²) in [6.07, 6.45) is 0. The van der Waals surface area contributed by atoms with Gasteiger partial charge in [-0.1, -0.05) is 140 Å². The standard InChI is InChI=1S/C49H32N2O2/c1-4-12-33(13-5-1)35-22-24-36(25-23-35)37-26-28-40(29-27-37)51(41-19-10-18-39(30-41)34-14-6-2-7-15-34)45-21-11-20-42-43-31-44-47(32-46(43)52-48(42)45)53-49(50-44)38-16-8-3-9-17-38/h1-32H. The number of anilines is 3. The number of hydrogen-bond donors (Lipinski definition) is 0. The van der Waals surface area contributed by atoms with Crippen LogP contribution in [0.5, 0.6) is 0 Å². The lowest BCUT2D eigenvalue weighted by molar-refractivity contribution is 0.617. The van der Waals surface area contributed by atoms with E-state index in [2.05, 4.69) is 150 Å². The molecule has 10 rings (SSSR count). The first-order valence-electron chi connectivity index (χ1n) is 17.8. The molecule has 0 atom stereocenters. The third kappa shape index (κ3) is 5.63. The van der Waals surface area contributed by atoms with E-state index in [0.717, 1.165) is 66.8 Å². The fourth-order valence-corrected chi connectivity index (χ4v) is 7.26. The van der Waals surface area contributed by atoms with Crippen molar-refractivity contribution in [3.05, 3.63) is 194 Å². The van der Waals surface area contributed by atoms with Crippen LogP contribution < -0.4 is 4.90 Å². The Morgan fingerprint density at radius 1 is 0.358 bits per heavy atom. The molecule has 0 aliphatic heterocycles. The lowest BCUT2D eigenvalue weighted by Gasteiger charge is -2.26. The molecule has 4 nitrogen and oxygen atoms in total. The average molecular weight is 681 g/mol. The third-order valence-electron chi connectivity index (χ3n) is 9.91. The molecule has 0 unspecified atom stereocenters. The zero-order chi connectivity index (χ0) is 35.1. The van der Waals surface area contributed by atoms with Gasteiger partial charge < -0.3 is 13.7 Å². The first kappa shape index (κ1) is 30.6. The van der Waals surface area contributed by atoms with Crippen molar-refractivity contribution < 1.29 is 8.83 Å². The zero-order valence-electron chi connectivity index (χ0n) is 28.7. The number of fused-ring (bicyclic) bond motifs is 4. The lowest BCUT2D eigenvalue weighted by Crippen LogP contribution is -2.10. The summed E-state index contributed by atoms with van der Waals surface area (Å²) in [7, 11) is 0. The van der Waals surface area contributed by atoms with Gasteiger partial charge in [-0.15, -0.1) is 0 Å². The van der Waals surface area contributed by atoms with E-state index in [4.69, 9.17) is 13.8 Å². The number of hydrogen-bond acceptors (Lipinski definition) is 4. The fraction of sp³-hybridized carbons (Fsp3) is 0. The van der Waals surface area contributed by atoms with Crippen LogP contribution in [0.25, 0.3) is 77.9 Å². The van der Waals surface area contributed by atoms with Crippen LogP contribution in [-0.2, 0) is 0 Å². The van der Waals surface area contributed by atoms with Gasteiger partial charge >= 0.3 is 0 Å². The highest BCUT2D eigenvalue weighted by Crippen LogP contribution is 2.44. The van der Waals surface area contributed by atoms with E-state index in [0.29, 0.717) is 11.5 Å². The summed E-state index contributed by atoms with van der Waals surface area (Å²) in [6.45, 7) is 0. The first-order chi connectivity index (χ1) is 26.2. The minimum absolute atomic E-state index is 0.596. The predicted molar refractivity (Wildman–Crippen MR) is 218 cm³/mol. The molecular formula is C49H32N2O2. The van der Waals surface area contributed by atoms with Crippen LogP contribution >= 0.6 is 0 Å². The second-order valence-corrected chi connectivity index (χ2v) is 13.2. The van der Waals surface area contributed by atoms with Crippen molar-refractivity contribution in [3.63, 3.8) is 0 Å². The van der Waals surface area contributed by atoms with Crippen LogP contribution in [0.15, 0.2) is 203 Å². The van der Waals surface area contributed by atoms with Gasteiger partial charge in [0.1, 0.15) is 11.1 Å². The van der Waals surface area contributed by atoms with Crippen LogP contribution in [0.4, 0.5) is 17.1 Å². The normalized spacial score (nSPS) is 11.4. The van der Waals surface area contributed by atoms with Crippen LogP contribution in [-0.4, -0.2) is 4.98 Å². The number of benzene rings is 8. The minimum atomic E-state index is 0.596. The Morgan fingerprint density at radius 3 is 1.57 bits per heavy atom. The van der Waals surface area contributed by atoms with E-state index in [9.17, 15) is 0 Å². The van der Waals surface area contributed by atoms with Crippen molar-refractivity contribution >= 4 is 50.1 Å². The predicted octanol–water partition coefficient (Wildman–Crippen LogP) is 13.9. The van der Waals surface area contributed by atoms with Crippen molar-refractivity contribution in [1.82, 2.24) is 4.98 Å². The Balaban J connectivity index is 1.09. The summed E-state index contributed by atoms with van der Waals surface area (Å²) in [6, 6.07) is 67.6. The van der Waals surface area contributed by atoms with Gasteiger partial charge in [0, 0.05) is 33.8 Å². The quantitative estimate of drug-likeness (QED) is 0.168. The van der Waals surface area contributed by atoms with Gasteiger partial charge in [-0.05, 0) is 81.9 Å². The molecule has 0 radical (unpaired) electrons. The van der Waals surface area contributed by atoms with Crippen molar-refractivity contribution in [2.75, 3.05) is 4.90 Å². The zero-order valence-corrected chi connectivity index (χ0v) is 28.7. The molecule has 0 aliphatic carbocycles. The maximum absolute atomic E-state index is 6.76. The summed E-state index contributed by atoms with van der Waals surface area (Å²) in [4.78, 5) is 7.13. The first-order valence-corrected chi connectivity index (χ1v) is 17.8. The Morgan fingerprint density at radius 2 is 0.906 bits per heavy atom. The number of rotatable bonds is 7. The number of aromatic nitrogens is 1. The van der Waals surface area contributed by atoms with Gasteiger partial charge in [-0.2, -0.15) is 0 Å². The van der Waals surface area contributed by atoms with Crippen LogP contribution in [0.2, 0.25) is 0 Å². The Labute approximate surface area is 306 Å². The largest absolute Gasteiger partial charge is 0.454 e. The van der Waals surface area contributed by atoms with Gasteiger partial charge in [-0.25, -0.2) is 4.98 Å². The third-order valence-corrected chi connectivity index (χ3v) is 9.91. The molecule has 0 N–H and O–H groups in total. The minimum Gasteiger partial charge on any atom is -0.454 e. The van der Waals surface area contributed by atoms with E-state index in [-0.39, 0.29) is 0 Å². The molecule has 0 saturated heterocycles. The van der Waals surface area contributed by atoms with Gasteiger partial charge in [0.05, 0.1) is 5.69 Å². The lowest BCUT2D eigenvalue weighted by atomic mass is 10.00. The van der Waals surface area contributed by atoms with Crippen molar-refractivity contribution in [2.24, 2.45) is 0 Å². The van der Waals surface area contributed by atoms with Crippen LogP contribution in [0, 0.1) is 0 Å². The number of para-hydroxylation sites is 1. The molecule has 53 heavy (non-hydrogen) atoms. The highest BCUT2D eigenvalue weighted by atomic mass is 16.4. The maximum atomic E-state index is 6.76. The Hall–Kier alpha value is -7.17. The van der Waals surface area contributed by atoms with E-state index in [1.54, 1.807) is 0 Å². The van der Waals surface area contributed by atoms with Crippen LogP contribution in [0.1, 0.15) is 0 Å². The van der Waals surface area contributed by atoms with Gasteiger partial charge in [0.25, 0.3) is 0 Å². The summed E-state index contributed by atoms with van der Waals surface area (Å²) in [5.41, 5.74) is 14.0. The van der Waals surface area contributed by atoms with Crippen molar-refractivity contribution in [3.8, 4) is 44.8 Å². The fourth-order valence-electron chi connectivity index (χ4n) is 7.26. The molecule has 0 bridgehead atoms. The molecule has 0 spiro atoms. The van der Waals surface area contributed by atoms with Crippen LogP contribution in [0.3, 0.4) is 0 Å². The summed E-state index contributed by atoms with van der Waals surface area (Å²) in [5, 5.41) is 2.01. The molecule has 4 heteroatoms. The number of furan rings is 1. The summed E-state index contributed by atoms with van der Waals surface area (Å²) < 4.78 is 13.0. The Kier molecular flexibility index (Phi) is 7.43. The monoisotopic (exact) mass is 680 g/mol. The molecule has 8 aromatic carbocycles. The topological polar surface area (TPSA) is 42.4 Å². The summed E-state index contributed by atoms with van der Waals surface area (Å²) in [5.74, 6) is 0.596. The molecule has 2 aromatic heterocycles.